The number of carbonyl (C=O) groups is 1. The number of ether oxygens (including phenoxy) is 2. The molecule has 0 saturated heterocycles. The molecule has 0 spiro atoms. The Balaban J connectivity index is 2.32. The lowest BCUT2D eigenvalue weighted by Gasteiger charge is -2.18. The Morgan fingerprint density at radius 1 is 0.875 bits per heavy atom. The van der Waals surface area contributed by atoms with Crippen LogP contribution < -0.4 is 0 Å². The summed E-state index contributed by atoms with van der Waals surface area (Å²) < 4.78 is 27.9. The van der Waals surface area contributed by atoms with E-state index in [2.05, 4.69) is 38.1 Å². The summed E-state index contributed by atoms with van der Waals surface area (Å²) >= 11 is 0.983. The van der Waals surface area contributed by atoms with E-state index in [9.17, 15) is 14.5 Å². The number of carbonyl (C=O) groups excluding carboxylic acids is 1. The molecule has 40 heavy (non-hydrogen) atoms. The van der Waals surface area contributed by atoms with E-state index in [1.165, 1.54) is 82.6 Å². The molecule has 0 saturated carbocycles. The molecule has 0 fully saturated rings. The monoisotopic (exact) mass is 599 g/mol. The maximum absolute atomic E-state index is 12.5. The van der Waals surface area contributed by atoms with Gasteiger partial charge in [0.2, 0.25) is 0 Å². The van der Waals surface area contributed by atoms with Crippen LogP contribution in [0.4, 0.5) is 0 Å². The van der Waals surface area contributed by atoms with Crippen molar-refractivity contribution in [3.05, 3.63) is 35.9 Å². The van der Waals surface area contributed by atoms with E-state index >= 15 is 0 Å². The Morgan fingerprint density at radius 2 is 1.45 bits per heavy atom. The van der Waals surface area contributed by atoms with Crippen molar-refractivity contribution in [1.29, 1.82) is 0 Å². The Hall–Kier alpha value is -0.980. The van der Waals surface area contributed by atoms with E-state index in [1.54, 1.807) is 0 Å². The summed E-state index contributed by atoms with van der Waals surface area (Å²) in [5, 5.41) is 10.5. The summed E-state index contributed by atoms with van der Waals surface area (Å²) in [5.41, 5.74) is -1.18. The maximum atomic E-state index is 12.5. The van der Waals surface area contributed by atoms with Crippen LogP contribution in [0.1, 0.15) is 135 Å². The van der Waals surface area contributed by atoms with Gasteiger partial charge in [-0.2, -0.15) is 0 Å². The minimum Gasteiger partial charge on any atom is -0.384 e. The first kappa shape index (κ1) is 37.0. The van der Waals surface area contributed by atoms with Crippen LogP contribution in [0.2, 0.25) is 0 Å². The molecule has 0 aliphatic heterocycles. The predicted molar refractivity (Wildman–Crippen MR) is 168 cm³/mol. The average molecular weight is 600 g/mol. The minimum absolute atomic E-state index is 0.0448. The fraction of sp³-hybridized carbons (Fsp3) is 0.781. The van der Waals surface area contributed by atoms with Crippen LogP contribution >= 0.6 is 20.5 Å². The second kappa shape index (κ2) is 24.6. The number of aliphatic hydroxyl groups is 1. The van der Waals surface area contributed by atoms with Gasteiger partial charge in [-0.3, -0.25) is 4.74 Å². The van der Waals surface area contributed by atoms with Crippen LogP contribution in [0, 0.1) is 0 Å². The first-order valence-corrected chi connectivity index (χ1v) is 17.5. The predicted octanol–water partition coefficient (Wildman–Crippen LogP) is 9.33. The number of hydrogen-bond acceptors (Lipinski definition) is 7. The van der Waals surface area contributed by atoms with Crippen LogP contribution in [-0.2, 0) is 23.0 Å². The van der Waals surface area contributed by atoms with Crippen LogP contribution in [0.3, 0.4) is 0 Å². The van der Waals surface area contributed by atoms with Gasteiger partial charge in [0, 0.05) is 12.4 Å². The molecule has 1 N–H and O–H groups in total. The van der Waals surface area contributed by atoms with Crippen molar-refractivity contribution in [3.63, 3.8) is 0 Å². The van der Waals surface area contributed by atoms with Gasteiger partial charge < -0.3 is 14.0 Å². The molecule has 1 aromatic rings. The third-order valence-electron chi connectivity index (χ3n) is 7.20. The molecule has 1 aromatic carbocycles. The van der Waals surface area contributed by atoms with Crippen LogP contribution in [0.5, 0.6) is 0 Å². The minimum atomic E-state index is -2.47. The van der Waals surface area contributed by atoms with Crippen LogP contribution in [0.25, 0.3) is 0 Å². The van der Waals surface area contributed by atoms with Crippen LogP contribution in [-0.4, -0.2) is 41.7 Å². The largest absolute Gasteiger partial charge is 0.471 e. The zero-order valence-electron chi connectivity index (χ0n) is 25.4. The van der Waals surface area contributed by atoms with Crippen molar-refractivity contribution in [2.24, 2.45) is 0 Å². The van der Waals surface area contributed by atoms with Crippen molar-refractivity contribution in [2.45, 2.75) is 141 Å². The second-order valence-corrected chi connectivity index (χ2v) is 12.6. The Kier molecular flexibility index (Phi) is 22.8. The average Bonchev–Trinajstić information content (AvgIpc) is 2.98. The molecular formula is C32H56O6PS+. The summed E-state index contributed by atoms with van der Waals surface area (Å²) in [5.74, 6) is -0.0699. The first-order valence-electron chi connectivity index (χ1n) is 15.7. The standard InChI is InChI=1S/C32H55O6PS/c1-4-6-8-10-12-13-15-20-25-36-28(3)27-37-32(34,39-35)31(33)38-40-26-24-30(29-21-18-16-19-22-29)23-17-14-11-9-7-5-2/h16,18-19,21-22,28,30,34H,4-15,17,20,23-27H2,1-3H3/p+1. The lowest BCUT2D eigenvalue weighted by atomic mass is 9.91. The lowest BCUT2D eigenvalue weighted by Crippen LogP contribution is -2.38. The maximum Gasteiger partial charge on any atom is 0.471 e. The number of benzene rings is 1. The molecule has 0 radical (unpaired) electrons. The molecule has 6 nitrogen and oxygen atoms in total. The summed E-state index contributed by atoms with van der Waals surface area (Å²) in [4.78, 5) is 12.5. The molecule has 0 aliphatic carbocycles. The molecule has 0 amide bonds. The summed E-state index contributed by atoms with van der Waals surface area (Å²) in [7, 11) is -1.39. The smallest absolute Gasteiger partial charge is 0.384 e. The first-order chi connectivity index (χ1) is 19.5. The van der Waals surface area contributed by atoms with E-state index in [-0.39, 0.29) is 12.7 Å². The van der Waals surface area contributed by atoms with Gasteiger partial charge in [-0.1, -0.05) is 132 Å². The van der Waals surface area contributed by atoms with Crippen molar-refractivity contribution < 1.29 is 28.1 Å². The van der Waals surface area contributed by atoms with E-state index in [0.717, 1.165) is 37.7 Å². The van der Waals surface area contributed by atoms with Gasteiger partial charge in [0.05, 0.1) is 24.8 Å². The summed E-state index contributed by atoms with van der Waals surface area (Å²) in [6, 6.07) is 10.4. The Bertz CT molecular complexity index is 752. The van der Waals surface area contributed by atoms with Gasteiger partial charge in [-0.25, -0.2) is 4.79 Å². The third kappa shape index (κ3) is 17.7. The second-order valence-electron chi connectivity index (χ2n) is 10.9. The number of rotatable bonds is 27. The topological polar surface area (TPSA) is 82.1 Å². The van der Waals surface area contributed by atoms with Crippen molar-refractivity contribution in [2.75, 3.05) is 19.0 Å². The van der Waals surface area contributed by atoms with E-state index in [1.807, 2.05) is 13.0 Å². The normalized spacial score (nSPS) is 14.6. The van der Waals surface area contributed by atoms with E-state index in [0.29, 0.717) is 18.3 Å². The molecule has 0 bridgehead atoms. The van der Waals surface area contributed by atoms with E-state index in [4.69, 9.17) is 13.7 Å². The summed E-state index contributed by atoms with van der Waals surface area (Å²) in [6.07, 6.45) is 18.9. The zero-order chi connectivity index (χ0) is 29.3. The molecule has 4 atom stereocenters. The van der Waals surface area contributed by atoms with Gasteiger partial charge in [0.1, 0.15) is 0 Å². The molecule has 4 unspecified atom stereocenters. The third-order valence-corrected chi connectivity index (χ3v) is 8.50. The highest BCUT2D eigenvalue weighted by Crippen LogP contribution is 2.30. The molecule has 0 heterocycles. The van der Waals surface area contributed by atoms with Crippen molar-refractivity contribution in [3.8, 4) is 0 Å². The van der Waals surface area contributed by atoms with Gasteiger partial charge in [-0.15, -0.1) is 0 Å². The molecular weight excluding hydrogens is 543 g/mol. The Labute approximate surface area is 250 Å². The number of unbranched alkanes of at least 4 members (excludes halogenated alkanes) is 12. The van der Waals surface area contributed by atoms with Gasteiger partial charge in [0.25, 0.3) is 0 Å². The van der Waals surface area contributed by atoms with E-state index < -0.39 is 20.0 Å². The fourth-order valence-electron chi connectivity index (χ4n) is 4.65. The quantitative estimate of drug-likeness (QED) is 0.0467. The highest BCUT2D eigenvalue weighted by molar-refractivity contribution is 7.95. The van der Waals surface area contributed by atoms with Crippen molar-refractivity contribution >= 4 is 26.5 Å². The lowest BCUT2D eigenvalue weighted by molar-refractivity contribution is -0.192. The van der Waals surface area contributed by atoms with Gasteiger partial charge in [0.15, 0.2) is 0 Å². The molecule has 0 aliphatic rings. The highest BCUT2D eigenvalue weighted by Gasteiger charge is 2.50. The number of hydrogen-bond donors (Lipinski definition) is 1. The SMILES string of the molecule is CCCCCCCCCCOC(C)COC(O)([PH+]=O)C(=O)OSCCC(CCCCCCCC)c1ccccc1. The van der Waals surface area contributed by atoms with Gasteiger partial charge >= 0.3 is 20.0 Å². The molecule has 0 aromatic heterocycles. The molecule has 1 rings (SSSR count). The Morgan fingerprint density at radius 3 is 2.05 bits per heavy atom. The van der Waals surface area contributed by atoms with Crippen molar-refractivity contribution in [1.82, 2.24) is 0 Å². The fourth-order valence-corrected chi connectivity index (χ4v) is 5.69. The van der Waals surface area contributed by atoms with Gasteiger partial charge in [-0.05, 0) is 37.7 Å². The molecule has 230 valence electrons. The zero-order valence-corrected chi connectivity index (χ0v) is 27.2. The van der Waals surface area contributed by atoms with Crippen LogP contribution in [0.15, 0.2) is 30.3 Å². The molecule has 8 heteroatoms. The highest BCUT2D eigenvalue weighted by atomic mass is 32.2. The summed E-state index contributed by atoms with van der Waals surface area (Å²) in [6.45, 7) is 6.82.